The van der Waals surface area contributed by atoms with Gasteiger partial charge in [0.1, 0.15) is 11.3 Å². The summed E-state index contributed by atoms with van der Waals surface area (Å²) in [4.78, 5) is 8.78. The van der Waals surface area contributed by atoms with Crippen molar-refractivity contribution < 1.29 is 4.42 Å². The first kappa shape index (κ1) is 25.2. The second kappa shape index (κ2) is 10.4. The second-order valence-electron chi connectivity index (χ2n) is 11.0. The third-order valence-electron chi connectivity index (χ3n) is 8.39. The van der Waals surface area contributed by atoms with E-state index in [0.717, 1.165) is 69.4 Å². The van der Waals surface area contributed by atoms with E-state index in [9.17, 15) is 0 Å². The first-order chi connectivity index (χ1) is 21.3. The zero-order chi connectivity index (χ0) is 28.8. The Labute approximate surface area is 249 Å². The number of fused-ring (bicyclic) bond motifs is 6. The van der Waals surface area contributed by atoms with Gasteiger partial charge < -0.3 is 14.0 Å². The fourth-order valence-corrected chi connectivity index (χ4v) is 6.38. The molecule has 0 atom stereocenters. The van der Waals surface area contributed by atoms with Crippen molar-refractivity contribution in [2.24, 2.45) is 4.99 Å². The van der Waals surface area contributed by atoms with Crippen molar-refractivity contribution in [2.75, 3.05) is 6.54 Å². The van der Waals surface area contributed by atoms with E-state index in [-0.39, 0.29) is 0 Å². The average Bonchev–Trinajstić information content (AvgIpc) is 3.61. The zero-order valence-corrected chi connectivity index (χ0v) is 23.7. The molecule has 0 radical (unpaired) electrons. The Kier molecular flexibility index (Phi) is 6.11. The minimum atomic E-state index is 0.789. The SMILES string of the molecule is C=NCCCc1ccc2c(c1)c1ccccc1n2-c1cccc(-c2cccc(-c3nccc4c3oc3ccccc34)c2)c1. The molecule has 0 aliphatic rings. The van der Waals surface area contributed by atoms with Crippen molar-refractivity contribution in [1.82, 2.24) is 9.55 Å². The maximum atomic E-state index is 6.30. The summed E-state index contributed by atoms with van der Waals surface area (Å²) in [5.41, 5.74) is 10.7. The summed E-state index contributed by atoms with van der Waals surface area (Å²) in [5.74, 6) is 0. The summed E-state index contributed by atoms with van der Waals surface area (Å²) < 4.78 is 8.67. The topological polar surface area (TPSA) is 43.3 Å². The van der Waals surface area contributed by atoms with Gasteiger partial charge in [-0.05, 0) is 84.8 Å². The molecule has 206 valence electrons. The smallest absolute Gasteiger partial charge is 0.161 e. The summed E-state index contributed by atoms with van der Waals surface area (Å²) in [6, 6.07) is 43.1. The van der Waals surface area contributed by atoms with Gasteiger partial charge in [0, 0.05) is 45.5 Å². The van der Waals surface area contributed by atoms with Crippen LogP contribution in [0, 0.1) is 0 Å². The minimum Gasteiger partial charge on any atom is -0.454 e. The molecule has 4 heteroatoms. The van der Waals surface area contributed by atoms with Crippen molar-refractivity contribution in [3.63, 3.8) is 0 Å². The van der Waals surface area contributed by atoms with Crippen molar-refractivity contribution in [3.8, 4) is 28.1 Å². The van der Waals surface area contributed by atoms with Crippen LogP contribution >= 0.6 is 0 Å². The van der Waals surface area contributed by atoms with Crippen LogP contribution < -0.4 is 0 Å². The quantitative estimate of drug-likeness (QED) is 0.145. The number of hydrogen-bond donors (Lipinski definition) is 0. The average molecular weight is 556 g/mol. The first-order valence-electron chi connectivity index (χ1n) is 14.7. The highest BCUT2D eigenvalue weighted by Crippen LogP contribution is 2.37. The molecule has 4 nitrogen and oxygen atoms in total. The molecule has 8 aromatic rings. The summed E-state index contributed by atoms with van der Waals surface area (Å²) in [5, 5.41) is 4.73. The molecule has 0 amide bonds. The van der Waals surface area contributed by atoms with Crippen LogP contribution in [0.15, 0.2) is 137 Å². The number of nitrogens with zero attached hydrogens (tertiary/aromatic N) is 3. The van der Waals surface area contributed by atoms with Crippen LogP contribution in [-0.2, 0) is 6.42 Å². The molecule has 43 heavy (non-hydrogen) atoms. The van der Waals surface area contributed by atoms with E-state index in [1.807, 2.05) is 30.5 Å². The van der Waals surface area contributed by atoms with E-state index in [2.05, 4.69) is 113 Å². The van der Waals surface area contributed by atoms with Gasteiger partial charge in [0.05, 0.1) is 11.0 Å². The number of rotatable bonds is 7. The van der Waals surface area contributed by atoms with Crippen LogP contribution in [0.1, 0.15) is 12.0 Å². The molecule has 0 fully saturated rings. The summed E-state index contributed by atoms with van der Waals surface area (Å²) in [6.07, 6.45) is 3.88. The highest BCUT2D eigenvalue weighted by Gasteiger charge is 2.15. The van der Waals surface area contributed by atoms with Gasteiger partial charge in [0.15, 0.2) is 5.58 Å². The van der Waals surface area contributed by atoms with Gasteiger partial charge in [0.25, 0.3) is 0 Å². The number of benzene rings is 5. The van der Waals surface area contributed by atoms with Gasteiger partial charge in [-0.3, -0.25) is 4.98 Å². The maximum Gasteiger partial charge on any atom is 0.161 e. The van der Waals surface area contributed by atoms with Crippen molar-refractivity contribution >= 4 is 50.5 Å². The predicted octanol–water partition coefficient (Wildman–Crippen LogP) is 10.0. The Balaban J connectivity index is 1.23. The van der Waals surface area contributed by atoms with E-state index in [1.54, 1.807) is 0 Å². The normalized spacial score (nSPS) is 11.6. The van der Waals surface area contributed by atoms with Crippen LogP contribution in [0.3, 0.4) is 0 Å². The third-order valence-corrected chi connectivity index (χ3v) is 8.39. The molecule has 5 aromatic carbocycles. The molecule has 0 aliphatic heterocycles. The van der Waals surface area contributed by atoms with Gasteiger partial charge in [-0.2, -0.15) is 0 Å². The van der Waals surface area contributed by atoms with Crippen molar-refractivity contribution in [1.29, 1.82) is 0 Å². The second-order valence-corrected chi connectivity index (χ2v) is 11.0. The van der Waals surface area contributed by atoms with E-state index in [1.165, 1.54) is 27.4 Å². The standard InChI is InChI=1S/C39H29N3O/c1-40-21-8-9-26-18-19-36-34(23-26)31-14-2-4-16-35(31)42(36)30-13-7-11-28(25-30)27-10-6-12-29(24-27)38-39-33(20-22-41-38)32-15-3-5-17-37(32)43-39/h2-7,10-20,22-25H,1,8-9,21H2. The van der Waals surface area contributed by atoms with E-state index < -0.39 is 0 Å². The van der Waals surface area contributed by atoms with Crippen molar-refractivity contribution in [3.05, 3.63) is 133 Å². The van der Waals surface area contributed by atoms with Crippen LogP contribution in [0.25, 0.3) is 71.8 Å². The third kappa shape index (κ3) is 4.31. The van der Waals surface area contributed by atoms with E-state index in [4.69, 9.17) is 9.40 Å². The summed E-state index contributed by atoms with van der Waals surface area (Å²) >= 11 is 0. The molecular formula is C39H29N3O. The van der Waals surface area contributed by atoms with Crippen molar-refractivity contribution in [2.45, 2.75) is 12.8 Å². The number of aromatic nitrogens is 2. The van der Waals surface area contributed by atoms with Gasteiger partial charge in [-0.1, -0.05) is 72.8 Å². The Morgan fingerprint density at radius 1 is 0.651 bits per heavy atom. The van der Waals surface area contributed by atoms with Crippen LogP contribution in [0.2, 0.25) is 0 Å². The van der Waals surface area contributed by atoms with Crippen LogP contribution in [0.5, 0.6) is 0 Å². The number of pyridine rings is 1. The number of aliphatic imine (C=N–C) groups is 1. The number of aryl methyl sites for hydroxylation is 1. The Morgan fingerprint density at radius 2 is 1.42 bits per heavy atom. The molecule has 0 saturated carbocycles. The highest BCUT2D eigenvalue weighted by molar-refractivity contribution is 6.10. The lowest BCUT2D eigenvalue weighted by Gasteiger charge is -2.11. The van der Waals surface area contributed by atoms with Gasteiger partial charge in [-0.15, -0.1) is 0 Å². The first-order valence-corrected chi connectivity index (χ1v) is 14.7. The minimum absolute atomic E-state index is 0.789. The van der Waals surface area contributed by atoms with Gasteiger partial charge in [-0.25, -0.2) is 0 Å². The lowest BCUT2D eigenvalue weighted by molar-refractivity contribution is 0.668. The molecule has 0 spiro atoms. The molecule has 0 unspecified atom stereocenters. The van der Waals surface area contributed by atoms with Crippen LogP contribution in [0.4, 0.5) is 0 Å². The summed E-state index contributed by atoms with van der Waals surface area (Å²) in [7, 11) is 0. The number of hydrogen-bond acceptors (Lipinski definition) is 3. The van der Waals surface area contributed by atoms with E-state index in [0.29, 0.717) is 0 Å². The number of para-hydroxylation sites is 2. The number of furan rings is 1. The molecule has 0 N–H and O–H groups in total. The fourth-order valence-electron chi connectivity index (χ4n) is 6.38. The van der Waals surface area contributed by atoms with Gasteiger partial charge in [0.2, 0.25) is 0 Å². The van der Waals surface area contributed by atoms with Crippen LogP contribution in [-0.4, -0.2) is 22.8 Å². The molecule has 3 aromatic heterocycles. The molecular weight excluding hydrogens is 526 g/mol. The Morgan fingerprint density at radius 3 is 2.33 bits per heavy atom. The summed E-state index contributed by atoms with van der Waals surface area (Å²) in [6.45, 7) is 4.42. The lowest BCUT2D eigenvalue weighted by atomic mass is 10.00. The molecule has 3 heterocycles. The molecule has 0 bridgehead atoms. The Hall–Kier alpha value is -5.48. The molecule has 0 aliphatic carbocycles. The van der Waals surface area contributed by atoms with Gasteiger partial charge >= 0.3 is 0 Å². The van der Waals surface area contributed by atoms with E-state index >= 15 is 0 Å². The molecule has 0 saturated heterocycles. The Bertz CT molecular complexity index is 2310. The highest BCUT2D eigenvalue weighted by atomic mass is 16.3. The zero-order valence-electron chi connectivity index (χ0n) is 23.7. The fraction of sp³-hybridized carbons (Fsp3) is 0.0769. The lowest BCUT2D eigenvalue weighted by Crippen LogP contribution is -1.95. The largest absolute Gasteiger partial charge is 0.454 e. The molecule has 8 rings (SSSR count). The maximum absolute atomic E-state index is 6.30. The predicted molar refractivity (Wildman–Crippen MR) is 179 cm³/mol. The monoisotopic (exact) mass is 555 g/mol.